The number of amides is 2. The molecule has 2 aromatic rings. The molecule has 0 aromatic heterocycles. The topological polar surface area (TPSA) is 96.7 Å². The van der Waals surface area contributed by atoms with Crippen LogP contribution in [0.5, 0.6) is 5.75 Å². The summed E-state index contributed by atoms with van der Waals surface area (Å²) in [7, 11) is 1.76. The minimum atomic E-state index is -0.721. The number of nitrogens with two attached hydrogens (primary N) is 1. The van der Waals surface area contributed by atoms with Gasteiger partial charge in [0, 0.05) is 34.3 Å². The van der Waals surface area contributed by atoms with Crippen LogP contribution in [0.15, 0.2) is 59.6 Å². The highest BCUT2D eigenvalue weighted by Gasteiger charge is 2.28. The molecule has 0 unspecified atom stereocenters. The van der Waals surface area contributed by atoms with E-state index >= 15 is 0 Å². The van der Waals surface area contributed by atoms with Crippen LogP contribution in [0.1, 0.15) is 28.8 Å². The molecule has 9 heteroatoms. The maximum absolute atomic E-state index is 14.5. The van der Waals surface area contributed by atoms with Crippen LogP contribution in [0, 0.1) is 16.3 Å². The smallest absolute Gasteiger partial charge is 0.256 e. The van der Waals surface area contributed by atoms with E-state index < -0.39 is 11.7 Å². The number of carbonyl (C=O) groups excluding carboxylic acids is 2. The summed E-state index contributed by atoms with van der Waals surface area (Å²) in [6, 6.07) is 10.2. The van der Waals surface area contributed by atoms with Gasteiger partial charge in [-0.2, -0.15) is 0 Å². The molecule has 2 amide bonds. The van der Waals surface area contributed by atoms with Gasteiger partial charge in [0.2, 0.25) is 0 Å². The molecular formula is C24H24FIN4O3. The Morgan fingerprint density at radius 1 is 1.24 bits per heavy atom. The Balaban J connectivity index is 1.66. The molecule has 7 nitrogen and oxygen atoms in total. The third kappa shape index (κ3) is 5.13. The number of carbonyl (C=O) groups is 2. The standard InChI is InChI=1S/C24H24FIN4O3/c1-13-16(24(32)28-15-7-8-15)4-3-5-19(13)33-20-10-11-30(2)23(21(20)22(27)31)29-18-9-6-14(26)12-17(18)25/h3-6,9-10,12,15,29H,7-8,11H2,1-2H3,(H2,27,31)(H,28,32). The Morgan fingerprint density at radius 3 is 2.67 bits per heavy atom. The number of primary amides is 1. The average Bonchev–Trinajstić information content (AvgIpc) is 3.57. The van der Waals surface area contributed by atoms with Crippen molar-refractivity contribution in [2.24, 2.45) is 5.73 Å². The molecule has 1 fully saturated rings. The fourth-order valence-electron chi connectivity index (χ4n) is 3.51. The fraction of sp³-hybridized carbons (Fsp3) is 0.250. The predicted octanol–water partition coefficient (Wildman–Crippen LogP) is 3.65. The lowest BCUT2D eigenvalue weighted by Crippen LogP contribution is -2.34. The van der Waals surface area contributed by atoms with Crippen LogP contribution < -0.4 is 21.1 Å². The number of hydrogen-bond donors (Lipinski definition) is 3. The molecule has 4 N–H and O–H groups in total. The van der Waals surface area contributed by atoms with E-state index in [0.717, 1.165) is 16.4 Å². The quantitative estimate of drug-likeness (QED) is 0.448. The number of rotatable bonds is 7. The van der Waals surface area contributed by atoms with Gasteiger partial charge in [0.15, 0.2) is 0 Å². The number of ether oxygens (including phenoxy) is 1. The van der Waals surface area contributed by atoms with Gasteiger partial charge in [0.05, 0.1) is 5.69 Å². The van der Waals surface area contributed by atoms with E-state index in [4.69, 9.17) is 10.5 Å². The van der Waals surface area contributed by atoms with Gasteiger partial charge in [0.25, 0.3) is 11.8 Å². The summed E-state index contributed by atoms with van der Waals surface area (Å²) in [5, 5.41) is 5.96. The Bertz CT molecular complexity index is 1190. The molecule has 0 bridgehead atoms. The summed E-state index contributed by atoms with van der Waals surface area (Å²) in [6.45, 7) is 2.20. The Morgan fingerprint density at radius 2 is 2.00 bits per heavy atom. The highest BCUT2D eigenvalue weighted by Crippen LogP contribution is 2.31. The Hall–Kier alpha value is -3.08. The number of benzene rings is 2. The summed E-state index contributed by atoms with van der Waals surface area (Å²) in [5.74, 6) is -0.305. The SMILES string of the molecule is Cc1c(OC2=CCN(C)C(Nc3ccc(I)cc3F)=C2C(N)=O)cccc1C(=O)NC1CC1. The highest BCUT2D eigenvalue weighted by molar-refractivity contribution is 14.1. The largest absolute Gasteiger partial charge is 0.456 e. The molecule has 1 heterocycles. The van der Waals surface area contributed by atoms with E-state index in [-0.39, 0.29) is 29.0 Å². The van der Waals surface area contributed by atoms with Crippen LogP contribution in [-0.4, -0.2) is 36.3 Å². The van der Waals surface area contributed by atoms with Crippen molar-refractivity contribution in [1.29, 1.82) is 0 Å². The van der Waals surface area contributed by atoms with E-state index in [1.54, 1.807) is 55.3 Å². The second kappa shape index (κ2) is 9.42. The zero-order valence-corrected chi connectivity index (χ0v) is 20.4. The number of anilines is 1. The number of halogens is 2. The first-order valence-corrected chi connectivity index (χ1v) is 11.6. The van der Waals surface area contributed by atoms with Crippen molar-refractivity contribution in [3.05, 3.63) is 80.1 Å². The number of likely N-dealkylation sites (N-methyl/N-ethyl adjacent to an activating group) is 1. The van der Waals surface area contributed by atoms with Crippen LogP contribution in [0.25, 0.3) is 0 Å². The van der Waals surface area contributed by atoms with Crippen LogP contribution in [0.2, 0.25) is 0 Å². The third-order valence-corrected chi connectivity index (χ3v) is 6.18. The Kier molecular flexibility index (Phi) is 6.59. The van der Waals surface area contributed by atoms with E-state index in [1.165, 1.54) is 6.07 Å². The molecule has 1 saturated carbocycles. The van der Waals surface area contributed by atoms with Crippen molar-refractivity contribution < 1.29 is 18.7 Å². The van der Waals surface area contributed by atoms with E-state index in [9.17, 15) is 14.0 Å². The van der Waals surface area contributed by atoms with Crippen LogP contribution in [-0.2, 0) is 4.79 Å². The van der Waals surface area contributed by atoms with Crippen LogP contribution in [0.3, 0.4) is 0 Å². The molecule has 0 atom stereocenters. The molecule has 0 spiro atoms. The van der Waals surface area contributed by atoms with Crippen molar-refractivity contribution in [2.45, 2.75) is 25.8 Å². The van der Waals surface area contributed by atoms with Crippen molar-refractivity contribution in [2.75, 3.05) is 18.9 Å². The predicted molar refractivity (Wildman–Crippen MR) is 132 cm³/mol. The highest BCUT2D eigenvalue weighted by atomic mass is 127. The van der Waals surface area contributed by atoms with Gasteiger partial charge >= 0.3 is 0 Å². The van der Waals surface area contributed by atoms with Gasteiger partial charge in [-0.3, -0.25) is 9.59 Å². The van der Waals surface area contributed by atoms with Crippen molar-refractivity contribution >= 4 is 40.1 Å². The molecule has 2 aliphatic rings. The molecule has 2 aromatic carbocycles. The van der Waals surface area contributed by atoms with Crippen molar-refractivity contribution in [3.63, 3.8) is 0 Å². The van der Waals surface area contributed by atoms with Crippen LogP contribution >= 0.6 is 22.6 Å². The minimum absolute atomic E-state index is 0.0916. The summed E-state index contributed by atoms with van der Waals surface area (Å²) in [4.78, 5) is 26.8. The zero-order valence-electron chi connectivity index (χ0n) is 18.2. The van der Waals surface area contributed by atoms with Gasteiger partial charge in [-0.25, -0.2) is 4.39 Å². The lowest BCUT2D eigenvalue weighted by molar-refractivity contribution is -0.114. The summed E-state index contributed by atoms with van der Waals surface area (Å²) in [6.07, 6.45) is 3.71. The molecule has 0 saturated heterocycles. The number of nitrogens with one attached hydrogen (secondary N) is 2. The maximum Gasteiger partial charge on any atom is 0.256 e. The molecule has 0 radical (unpaired) electrons. The molecule has 33 heavy (non-hydrogen) atoms. The average molecular weight is 562 g/mol. The van der Waals surface area contributed by atoms with Gasteiger partial charge in [0.1, 0.15) is 28.7 Å². The van der Waals surface area contributed by atoms with E-state index in [1.807, 2.05) is 22.6 Å². The number of nitrogens with zero attached hydrogens (tertiary/aromatic N) is 1. The lowest BCUT2D eigenvalue weighted by Gasteiger charge is -2.30. The summed E-state index contributed by atoms with van der Waals surface area (Å²) < 4.78 is 21.3. The zero-order chi connectivity index (χ0) is 23.7. The molecule has 172 valence electrons. The third-order valence-electron chi connectivity index (χ3n) is 5.51. The van der Waals surface area contributed by atoms with Crippen LogP contribution in [0.4, 0.5) is 10.1 Å². The first-order valence-electron chi connectivity index (χ1n) is 10.5. The minimum Gasteiger partial charge on any atom is -0.456 e. The molecule has 4 rings (SSSR count). The van der Waals surface area contributed by atoms with E-state index in [2.05, 4.69) is 10.6 Å². The van der Waals surface area contributed by atoms with E-state index in [0.29, 0.717) is 29.2 Å². The summed E-state index contributed by atoms with van der Waals surface area (Å²) >= 11 is 2.03. The van der Waals surface area contributed by atoms with Gasteiger partial charge in [-0.05, 0) is 78.8 Å². The molecule has 1 aliphatic heterocycles. The van der Waals surface area contributed by atoms with Crippen molar-refractivity contribution in [1.82, 2.24) is 10.2 Å². The molecular weight excluding hydrogens is 538 g/mol. The van der Waals surface area contributed by atoms with Gasteiger partial charge in [-0.1, -0.05) is 6.07 Å². The maximum atomic E-state index is 14.5. The number of hydrogen-bond acceptors (Lipinski definition) is 5. The second-order valence-electron chi connectivity index (χ2n) is 8.06. The monoisotopic (exact) mass is 562 g/mol. The molecule has 1 aliphatic carbocycles. The second-order valence-corrected chi connectivity index (χ2v) is 9.31. The van der Waals surface area contributed by atoms with Gasteiger partial charge < -0.3 is 26.0 Å². The van der Waals surface area contributed by atoms with Crippen molar-refractivity contribution in [3.8, 4) is 5.75 Å². The first kappa shape index (κ1) is 23.1. The Labute approximate surface area is 205 Å². The fourth-order valence-corrected chi connectivity index (χ4v) is 3.96. The normalized spacial score (nSPS) is 15.8. The lowest BCUT2D eigenvalue weighted by atomic mass is 10.1. The summed E-state index contributed by atoms with van der Waals surface area (Å²) in [5.41, 5.74) is 7.18. The van der Waals surface area contributed by atoms with Gasteiger partial charge in [-0.15, -0.1) is 0 Å². The first-order chi connectivity index (χ1) is 15.7.